The molecule has 6 nitrogen and oxygen atoms in total. The van der Waals surface area contributed by atoms with Crippen molar-refractivity contribution in [2.75, 3.05) is 43.6 Å². The highest BCUT2D eigenvalue weighted by molar-refractivity contribution is 7.91. The molecule has 0 saturated carbocycles. The number of carbonyl (C=O) groups excluding carboxylic acids is 1. The first-order valence-electron chi connectivity index (χ1n) is 8.38. The maximum absolute atomic E-state index is 13.2. The predicted molar refractivity (Wildman–Crippen MR) is 93.2 cm³/mol. The van der Waals surface area contributed by atoms with Crippen molar-refractivity contribution in [3.63, 3.8) is 0 Å². The van der Waals surface area contributed by atoms with E-state index < -0.39 is 9.84 Å². The molecule has 0 bridgehead atoms. The van der Waals surface area contributed by atoms with Gasteiger partial charge >= 0.3 is 0 Å². The molecule has 3 rings (SSSR count). The van der Waals surface area contributed by atoms with E-state index in [-0.39, 0.29) is 23.5 Å². The summed E-state index contributed by atoms with van der Waals surface area (Å²) in [5, 5.41) is 3.33. The van der Waals surface area contributed by atoms with Crippen LogP contribution in [0.4, 0.5) is 5.69 Å². The van der Waals surface area contributed by atoms with Crippen molar-refractivity contribution in [3.05, 3.63) is 29.3 Å². The number of hydrogen-bond acceptors (Lipinski definition) is 5. The summed E-state index contributed by atoms with van der Waals surface area (Å²) in [6, 6.07) is 5.46. The largest absolute Gasteiger partial charge is 0.385 e. The predicted octanol–water partition coefficient (Wildman–Crippen LogP) is 1.32. The zero-order valence-corrected chi connectivity index (χ0v) is 14.8. The number of hydrogen-bond donors (Lipinski definition) is 1. The Labute approximate surface area is 143 Å². The third-order valence-electron chi connectivity index (χ3n) is 4.77. The second kappa shape index (κ2) is 7.11. The molecule has 0 aliphatic carbocycles. The quantitative estimate of drug-likeness (QED) is 0.865. The maximum Gasteiger partial charge on any atom is 0.254 e. The van der Waals surface area contributed by atoms with Gasteiger partial charge in [0.25, 0.3) is 5.91 Å². The van der Waals surface area contributed by atoms with Gasteiger partial charge in [0.2, 0.25) is 0 Å². The normalized spacial score (nSPS) is 21.8. The SMILES string of the molecule is COCCN(C(=O)c1cccc2c1CCCN2)C1CCS(=O)(=O)C1. The van der Waals surface area contributed by atoms with E-state index >= 15 is 0 Å². The van der Waals surface area contributed by atoms with E-state index in [2.05, 4.69) is 5.32 Å². The lowest BCUT2D eigenvalue weighted by Crippen LogP contribution is -2.43. The van der Waals surface area contributed by atoms with Crippen molar-refractivity contribution >= 4 is 21.4 Å². The van der Waals surface area contributed by atoms with Gasteiger partial charge in [-0.05, 0) is 37.0 Å². The molecule has 132 valence electrons. The zero-order valence-electron chi connectivity index (χ0n) is 14.0. The van der Waals surface area contributed by atoms with E-state index in [0.29, 0.717) is 25.1 Å². The lowest BCUT2D eigenvalue weighted by molar-refractivity contribution is 0.0623. The smallest absolute Gasteiger partial charge is 0.254 e. The molecule has 7 heteroatoms. The fraction of sp³-hybridized carbons (Fsp3) is 0.588. The fourth-order valence-electron chi connectivity index (χ4n) is 3.53. The number of amides is 1. The standard InChI is InChI=1S/C17H24N2O4S/c1-23-10-9-19(13-7-11-24(21,22)12-13)17(20)15-4-2-6-16-14(15)5-3-8-18-16/h2,4,6,13,18H,3,5,7-12H2,1H3. The third-order valence-corrected chi connectivity index (χ3v) is 6.52. The number of nitrogens with one attached hydrogen (secondary N) is 1. The second-order valence-electron chi connectivity index (χ2n) is 6.41. The van der Waals surface area contributed by atoms with Crippen LogP contribution >= 0.6 is 0 Å². The van der Waals surface area contributed by atoms with Gasteiger partial charge in [0.1, 0.15) is 0 Å². The van der Waals surface area contributed by atoms with Crippen LogP contribution in [0.2, 0.25) is 0 Å². The van der Waals surface area contributed by atoms with Gasteiger partial charge in [-0.1, -0.05) is 6.07 Å². The minimum absolute atomic E-state index is 0.0513. The summed E-state index contributed by atoms with van der Waals surface area (Å²) in [6.45, 7) is 1.72. The molecule has 0 radical (unpaired) electrons. The Morgan fingerprint density at radius 2 is 2.25 bits per heavy atom. The Hall–Kier alpha value is -1.60. The molecule has 1 unspecified atom stereocenters. The molecule has 1 atom stereocenters. The van der Waals surface area contributed by atoms with Gasteiger partial charge in [-0.3, -0.25) is 4.79 Å². The van der Waals surface area contributed by atoms with Crippen molar-refractivity contribution < 1.29 is 17.9 Å². The number of benzene rings is 1. The number of fused-ring (bicyclic) bond motifs is 1. The first kappa shape index (κ1) is 17.2. The molecule has 2 aliphatic heterocycles. The van der Waals surface area contributed by atoms with Crippen molar-refractivity contribution in [3.8, 4) is 0 Å². The molecule has 2 heterocycles. The van der Waals surface area contributed by atoms with Crippen LogP contribution in [0.3, 0.4) is 0 Å². The molecule has 1 amide bonds. The number of anilines is 1. The molecule has 0 spiro atoms. The molecule has 24 heavy (non-hydrogen) atoms. The summed E-state index contributed by atoms with van der Waals surface area (Å²) in [6.07, 6.45) is 2.36. The lowest BCUT2D eigenvalue weighted by atomic mass is 9.96. The molecule has 1 fully saturated rings. The third kappa shape index (κ3) is 3.57. The Morgan fingerprint density at radius 1 is 1.42 bits per heavy atom. The van der Waals surface area contributed by atoms with Crippen molar-refractivity contribution in [1.82, 2.24) is 4.90 Å². The van der Waals surface area contributed by atoms with Crippen LogP contribution in [0.1, 0.15) is 28.8 Å². The van der Waals surface area contributed by atoms with Gasteiger partial charge in [-0.25, -0.2) is 8.42 Å². The molecule has 0 aromatic heterocycles. The first-order chi connectivity index (χ1) is 11.5. The van der Waals surface area contributed by atoms with Crippen molar-refractivity contribution in [2.45, 2.75) is 25.3 Å². The van der Waals surface area contributed by atoms with Crippen LogP contribution < -0.4 is 5.32 Å². The molecule has 1 aromatic rings. The molecule has 2 aliphatic rings. The van der Waals surface area contributed by atoms with E-state index in [1.54, 1.807) is 12.0 Å². The average Bonchev–Trinajstić information content (AvgIpc) is 2.94. The van der Waals surface area contributed by atoms with Crippen LogP contribution in [-0.2, 0) is 21.0 Å². The molecule has 1 N–H and O–H groups in total. The highest BCUT2D eigenvalue weighted by atomic mass is 32.2. The lowest BCUT2D eigenvalue weighted by Gasteiger charge is -2.30. The van der Waals surface area contributed by atoms with Crippen LogP contribution in [0.25, 0.3) is 0 Å². The maximum atomic E-state index is 13.2. The van der Waals surface area contributed by atoms with Gasteiger partial charge in [0, 0.05) is 37.5 Å². The van der Waals surface area contributed by atoms with E-state index in [1.807, 2.05) is 18.2 Å². The molecular weight excluding hydrogens is 328 g/mol. The summed E-state index contributed by atoms with van der Waals surface area (Å²) < 4.78 is 28.8. The van der Waals surface area contributed by atoms with Gasteiger partial charge in [0.15, 0.2) is 9.84 Å². The second-order valence-corrected chi connectivity index (χ2v) is 8.64. The summed E-state index contributed by atoms with van der Waals surface area (Å²) in [5.41, 5.74) is 2.73. The highest BCUT2D eigenvalue weighted by Crippen LogP contribution is 2.28. The number of methoxy groups -OCH3 is 1. The molecule has 1 saturated heterocycles. The summed E-state index contributed by atoms with van der Waals surface area (Å²) in [7, 11) is -1.46. The summed E-state index contributed by atoms with van der Waals surface area (Å²) in [5.74, 6) is 0.119. The summed E-state index contributed by atoms with van der Waals surface area (Å²) >= 11 is 0. The molecular formula is C17H24N2O4S. The van der Waals surface area contributed by atoms with Crippen LogP contribution in [0.15, 0.2) is 18.2 Å². The van der Waals surface area contributed by atoms with Crippen molar-refractivity contribution in [2.24, 2.45) is 0 Å². The van der Waals surface area contributed by atoms with Crippen molar-refractivity contribution in [1.29, 1.82) is 0 Å². The van der Waals surface area contributed by atoms with E-state index in [1.165, 1.54) is 0 Å². The van der Waals surface area contributed by atoms with E-state index in [4.69, 9.17) is 4.74 Å². The van der Waals surface area contributed by atoms with Gasteiger partial charge < -0.3 is 15.0 Å². The number of sulfone groups is 1. The van der Waals surface area contributed by atoms with Crippen LogP contribution in [0, 0.1) is 0 Å². The number of ether oxygens (including phenoxy) is 1. The first-order valence-corrected chi connectivity index (χ1v) is 10.2. The Morgan fingerprint density at radius 3 is 2.96 bits per heavy atom. The summed E-state index contributed by atoms with van der Waals surface area (Å²) in [4.78, 5) is 14.9. The van der Waals surface area contributed by atoms with Gasteiger partial charge in [0.05, 0.1) is 18.1 Å². The monoisotopic (exact) mass is 352 g/mol. The zero-order chi connectivity index (χ0) is 17.2. The topological polar surface area (TPSA) is 75.7 Å². The fourth-order valence-corrected chi connectivity index (χ4v) is 5.26. The van der Waals surface area contributed by atoms with E-state index in [9.17, 15) is 13.2 Å². The number of nitrogens with zero attached hydrogens (tertiary/aromatic N) is 1. The minimum Gasteiger partial charge on any atom is -0.385 e. The number of carbonyl (C=O) groups is 1. The van der Waals surface area contributed by atoms with Crippen LogP contribution in [0.5, 0.6) is 0 Å². The number of rotatable bonds is 5. The average molecular weight is 352 g/mol. The minimum atomic E-state index is -3.05. The Balaban J connectivity index is 1.89. The van der Waals surface area contributed by atoms with Gasteiger partial charge in [-0.15, -0.1) is 0 Å². The van der Waals surface area contributed by atoms with Crippen LogP contribution in [-0.4, -0.2) is 63.6 Å². The molecule has 1 aromatic carbocycles. The van der Waals surface area contributed by atoms with Gasteiger partial charge in [-0.2, -0.15) is 0 Å². The highest BCUT2D eigenvalue weighted by Gasteiger charge is 2.35. The Bertz CT molecular complexity index is 717. The van der Waals surface area contributed by atoms with E-state index in [0.717, 1.165) is 30.6 Å². The Kier molecular flexibility index (Phi) is 5.10.